The fourth-order valence-corrected chi connectivity index (χ4v) is 3.33. The predicted molar refractivity (Wildman–Crippen MR) is 101 cm³/mol. The topological polar surface area (TPSA) is 89.0 Å². The van der Waals surface area contributed by atoms with Gasteiger partial charge < -0.3 is 10.1 Å². The number of para-hydroxylation sites is 2. The van der Waals surface area contributed by atoms with Crippen LogP contribution < -0.4 is 15.6 Å². The van der Waals surface area contributed by atoms with E-state index in [4.69, 9.17) is 4.74 Å². The lowest BCUT2D eigenvalue weighted by Crippen LogP contribution is -2.22. The summed E-state index contributed by atoms with van der Waals surface area (Å²) in [7, 11) is 0. The number of rotatable bonds is 6. The van der Waals surface area contributed by atoms with Gasteiger partial charge in [0.1, 0.15) is 5.75 Å². The first-order valence-electron chi connectivity index (χ1n) is 8.24. The average Bonchev–Trinajstić information content (AvgIpc) is 3.15. The number of benzene rings is 1. The molecule has 26 heavy (non-hydrogen) atoms. The molecule has 0 aliphatic rings. The summed E-state index contributed by atoms with van der Waals surface area (Å²) < 4.78 is 6.88. The molecule has 8 heteroatoms. The molecule has 0 aliphatic carbocycles. The number of carbonyl (C=O) groups is 1. The Morgan fingerprint density at radius 1 is 1.35 bits per heavy atom. The minimum atomic E-state index is -0.279. The van der Waals surface area contributed by atoms with Gasteiger partial charge in [-0.3, -0.25) is 14.7 Å². The smallest absolute Gasteiger partial charge is 0.277 e. The molecule has 2 aromatic heterocycles. The number of thiazole rings is 1. The Labute approximate surface area is 154 Å². The number of hydrogen-bond acceptors (Lipinski definition) is 5. The van der Waals surface area contributed by atoms with Gasteiger partial charge in [-0.15, -0.1) is 11.3 Å². The van der Waals surface area contributed by atoms with Crippen LogP contribution >= 0.6 is 11.3 Å². The Bertz CT molecular complexity index is 986. The normalized spacial score (nSPS) is 10.7. The standard InChI is InChI=1S/C18H20N4O3S/c1-4-25-15-8-6-5-7-14(15)20-16(23)9-13-12(3)21-22(17(13)24)18-19-11(2)10-26-18/h5-8,10,21H,4,9H2,1-3H3,(H,20,23). The first-order valence-corrected chi connectivity index (χ1v) is 9.12. The van der Waals surface area contributed by atoms with E-state index in [1.54, 1.807) is 19.1 Å². The van der Waals surface area contributed by atoms with Crippen LogP contribution in [0.5, 0.6) is 5.75 Å². The highest BCUT2D eigenvalue weighted by Crippen LogP contribution is 2.23. The SMILES string of the molecule is CCOc1ccccc1NC(=O)Cc1c(C)[nH]n(-c2nc(C)cs2)c1=O. The molecule has 136 valence electrons. The first-order chi connectivity index (χ1) is 12.5. The van der Waals surface area contributed by atoms with Crippen LogP contribution in [0.1, 0.15) is 23.9 Å². The summed E-state index contributed by atoms with van der Waals surface area (Å²) in [6.45, 7) is 6.02. The Morgan fingerprint density at radius 2 is 2.12 bits per heavy atom. The third-order valence-electron chi connectivity index (χ3n) is 3.79. The summed E-state index contributed by atoms with van der Waals surface area (Å²) in [6, 6.07) is 7.21. The third-order valence-corrected chi connectivity index (χ3v) is 4.73. The summed E-state index contributed by atoms with van der Waals surface area (Å²) >= 11 is 1.37. The van der Waals surface area contributed by atoms with E-state index in [0.717, 1.165) is 5.69 Å². The maximum absolute atomic E-state index is 12.7. The molecule has 1 aromatic carbocycles. The van der Waals surface area contributed by atoms with Crippen LogP contribution in [-0.4, -0.2) is 27.3 Å². The minimum absolute atomic E-state index is 0.0288. The van der Waals surface area contributed by atoms with E-state index in [9.17, 15) is 9.59 Å². The van der Waals surface area contributed by atoms with Crippen molar-refractivity contribution < 1.29 is 9.53 Å². The van der Waals surface area contributed by atoms with Crippen molar-refractivity contribution in [3.05, 3.63) is 57.0 Å². The van der Waals surface area contributed by atoms with E-state index in [2.05, 4.69) is 15.4 Å². The van der Waals surface area contributed by atoms with E-state index in [0.29, 0.717) is 34.4 Å². The van der Waals surface area contributed by atoms with Gasteiger partial charge in [0.05, 0.1) is 24.4 Å². The van der Waals surface area contributed by atoms with Crippen molar-refractivity contribution in [2.24, 2.45) is 0 Å². The van der Waals surface area contributed by atoms with Crippen molar-refractivity contribution in [3.63, 3.8) is 0 Å². The van der Waals surface area contributed by atoms with Crippen LogP contribution in [0.25, 0.3) is 5.13 Å². The number of hydrogen-bond donors (Lipinski definition) is 2. The molecule has 2 N–H and O–H groups in total. The van der Waals surface area contributed by atoms with Gasteiger partial charge in [0, 0.05) is 16.6 Å². The van der Waals surface area contributed by atoms with Crippen molar-refractivity contribution >= 4 is 22.9 Å². The summed E-state index contributed by atoms with van der Waals surface area (Å²) in [4.78, 5) is 29.4. The molecular formula is C18H20N4O3S. The number of ether oxygens (including phenoxy) is 1. The van der Waals surface area contributed by atoms with E-state index < -0.39 is 0 Å². The number of nitrogens with one attached hydrogen (secondary N) is 2. The van der Waals surface area contributed by atoms with Crippen LogP contribution in [0.2, 0.25) is 0 Å². The van der Waals surface area contributed by atoms with Gasteiger partial charge >= 0.3 is 0 Å². The molecule has 3 aromatic rings. The molecule has 0 fully saturated rings. The molecule has 0 unspecified atom stereocenters. The lowest BCUT2D eigenvalue weighted by molar-refractivity contribution is -0.115. The van der Waals surface area contributed by atoms with Gasteiger partial charge in [0.25, 0.3) is 5.56 Å². The van der Waals surface area contributed by atoms with Gasteiger partial charge in [-0.2, -0.15) is 4.68 Å². The van der Waals surface area contributed by atoms with Crippen LogP contribution in [0.3, 0.4) is 0 Å². The summed E-state index contributed by atoms with van der Waals surface area (Å²) in [6.07, 6.45) is -0.0288. The number of anilines is 1. The molecule has 2 heterocycles. The van der Waals surface area contributed by atoms with Gasteiger partial charge in [0.2, 0.25) is 11.0 Å². The van der Waals surface area contributed by atoms with Crippen LogP contribution in [0, 0.1) is 13.8 Å². The second kappa shape index (κ2) is 7.57. The van der Waals surface area contributed by atoms with Crippen LogP contribution in [-0.2, 0) is 11.2 Å². The second-order valence-electron chi connectivity index (χ2n) is 5.78. The van der Waals surface area contributed by atoms with Gasteiger partial charge in [-0.1, -0.05) is 12.1 Å². The van der Waals surface area contributed by atoms with Gasteiger partial charge in [0.15, 0.2) is 0 Å². The number of H-pyrrole nitrogens is 1. The highest BCUT2D eigenvalue weighted by molar-refractivity contribution is 7.12. The molecular weight excluding hydrogens is 352 g/mol. The molecule has 0 saturated heterocycles. The maximum atomic E-state index is 12.7. The second-order valence-corrected chi connectivity index (χ2v) is 6.62. The number of aryl methyl sites for hydroxylation is 2. The van der Waals surface area contributed by atoms with E-state index in [-0.39, 0.29) is 17.9 Å². The predicted octanol–water partition coefficient (Wildman–Crippen LogP) is 2.82. The Hall–Kier alpha value is -2.87. The molecule has 0 bridgehead atoms. The van der Waals surface area contributed by atoms with Crippen molar-refractivity contribution in [2.75, 3.05) is 11.9 Å². The van der Waals surface area contributed by atoms with Crippen molar-refractivity contribution in [1.29, 1.82) is 0 Å². The molecule has 3 rings (SSSR count). The number of carbonyl (C=O) groups excluding carboxylic acids is 1. The molecule has 0 spiro atoms. The highest BCUT2D eigenvalue weighted by atomic mass is 32.1. The third kappa shape index (κ3) is 3.70. The zero-order valence-corrected chi connectivity index (χ0v) is 15.6. The minimum Gasteiger partial charge on any atom is -0.492 e. The van der Waals surface area contributed by atoms with Crippen LogP contribution in [0.4, 0.5) is 5.69 Å². The quantitative estimate of drug-likeness (QED) is 0.696. The summed E-state index contributed by atoms with van der Waals surface area (Å²) in [5.41, 5.74) is 2.24. The molecule has 0 atom stereocenters. The fourth-order valence-electron chi connectivity index (χ4n) is 2.57. The lowest BCUT2D eigenvalue weighted by atomic mass is 10.2. The summed E-state index contributed by atoms with van der Waals surface area (Å²) in [5, 5.41) is 8.23. The molecule has 0 aliphatic heterocycles. The molecule has 0 radical (unpaired) electrons. The number of amides is 1. The number of nitrogens with zero attached hydrogens (tertiary/aromatic N) is 2. The van der Waals surface area contributed by atoms with E-state index in [1.807, 2.05) is 31.4 Å². The Morgan fingerprint density at radius 3 is 2.81 bits per heavy atom. The van der Waals surface area contributed by atoms with Gasteiger partial charge in [-0.05, 0) is 32.9 Å². The van der Waals surface area contributed by atoms with Crippen LogP contribution in [0.15, 0.2) is 34.4 Å². The number of aromatic nitrogens is 3. The van der Waals surface area contributed by atoms with E-state index >= 15 is 0 Å². The van der Waals surface area contributed by atoms with Crippen molar-refractivity contribution in [2.45, 2.75) is 27.2 Å². The van der Waals surface area contributed by atoms with Crippen molar-refractivity contribution in [1.82, 2.24) is 14.8 Å². The zero-order valence-electron chi connectivity index (χ0n) is 14.8. The Balaban J connectivity index is 1.80. The Kier molecular flexibility index (Phi) is 5.22. The lowest BCUT2D eigenvalue weighted by Gasteiger charge is -2.10. The monoisotopic (exact) mass is 372 g/mol. The van der Waals surface area contributed by atoms with E-state index in [1.165, 1.54) is 16.0 Å². The maximum Gasteiger partial charge on any atom is 0.277 e. The molecule has 1 amide bonds. The number of aromatic amines is 1. The molecule has 0 saturated carbocycles. The average molecular weight is 372 g/mol. The fraction of sp³-hybridized carbons (Fsp3) is 0.278. The summed E-state index contributed by atoms with van der Waals surface area (Å²) in [5.74, 6) is 0.323. The van der Waals surface area contributed by atoms with Crippen molar-refractivity contribution in [3.8, 4) is 10.9 Å². The zero-order chi connectivity index (χ0) is 18.7. The molecule has 7 nitrogen and oxygen atoms in total. The largest absolute Gasteiger partial charge is 0.492 e. The first kappa shape index (κ1) is 17.9. The van der Waals surface area contributed by atoms with Gasteiger partial charge in [-0.25, -0.2) is 4.98 Å². The highest BCUT2D eigenvalue weighted by Gasteiger charge is 2.18.